The molecule has 0 unspecified atom stereocenters. The number of rotatable bonds is 4. The largest absolute Gasteiger partial charge is 0.467 e. The molecule has 66 valence electrons. The molecule has 2 N–H and O–H groups in total. The smallest absolute Gasteiger partial charge is 0.293 e. The molecule has 0 saturated heterocycles. The first-order valence-corrected chi connectivity index (χ1v) is 3.70. The Bertz CT molecular complexity index is 268. The summed E-state index contributed by atoms with van der Waals surface area (Å²) in [5.74, 6) is 0. The van der Waals surface area contributed by atoms with E-state index in [0.29, 0.717) is 19.5 Å². The number of nitrogen functional groups attached to an aromatic ring is 1. The van der Waals surface area contributed by atoms with Crippen LogP contribution in [0.25, 0.3) is 0 Å². The molecule has 0 radical (unpaired) electrons. The van der Waals surface area contributed by atoms with Gasteiger partial charge in [-0.2, -0.15) is 0 Å². The zero-order chi connectivity index (χ0) is 8.97. The molecule has 1 aromatic heterocycles. The van der Waals surface area contributed by atoms with Crippen molar-refractivity contribution >= 4 is 12.2 Å². The molecule has 0 spiro atoms. The molecule has 0 aliphatic carbocycles. The van der Waals surface area contributed by atoms with E-state index in [-0.39, 0.29) is 0 Å². The van der Waals surface area contributed by atoms with Crippen molar-refractivity contribution in [2.75, 3.05) is 12.3 Å². The highest BCUT2D eigenvalue weighted by molar-refractivity contribution is 5.39. The van der Waals surface area contributed by atoms with Crippen LogP contribution in [0.15, 0.2) is 12.3 Å². The van der Waals surface area contributed by atoms with E-state index in [1.54, 1.807) is 0 Å². The van der Waals surface area contributed by atoms with Crippen LogP contribution in [0.3, 0.4) is 0 Å². The SMILES string of the molecule is Cn1cc(N)cc1CCOC=O. The number of carbonyl (C=O) groups is 1. The number of hydrogen-bond acceptors (Lipinski definition) is 3. The van der Waals surface area contributed by atoms with Gasteiger partial charge in [-0.25, -0.2) is 0 Å². The third-order valence-corrected chi connectivity index (χ3v) is 1.67. The molecule has 4 nitrogen and oxygen atoms in total. The Morgan fingerprint density at radius 3 is 3.00 bits per heavy atom. The first-order valence-electron chi connectivity index (χ1n) is 3.70. The second-order valence-electron chi connectivity index (χ2n) is 2.59. The number of hydrogen-bond donors (Lipinski definition) is 1. The summed E-state index contributed by atoms with van der Waals surface area (Å²) in [6, 6.07) is 1.87. The van der Waals surface area contributed by atoms with Crippen LogP contribution in [0.1, 0.15) is 5.69 Å². The van der Waals surface area contributed by atoms with Gasteiger partial charge in [0, 0.05) is 31.0 Å². The maximum atomic E-state index is 9.83. The topological polar surface area (TPSA) is 57.2 Å². The molecule has 1 rings (SSSR count). The molecule has 1 heterocycles. The lowest BCUT2D eigenvalue weighted by Crippen LogP contribution is -2.01. The lowest BCUT2D eigenvalue weighted by Gasteiger charge is -2.00. The molecule has 0 aliphatic rings. The van der Waals surface area contributed by atoms with E-state index in [0.717, 1.165) is 11.4 Å². The Morgan fingerprint density at radius 2 is 2.50 bits per heavy atom. The van der Waals surface area contributed by atoms with Crippen molar-refractivity contribution in [3.8, 4) is 0 Å². The van der Waals surface area contributed by atoms with Crippen LogP contribution >= 0.6 is 0 Å². The molecule has 0 saturated carbocycles. The summed E-state index contributed by atoms with van der Waals surface area (Å²) in [6.45, 7) is 0.854. The van der Waals surface area contributed by atoms with E-state index >= 15 is 0 Å². The van der Waals surface area contributed by atoms with Crippen molar-refractivity contribution in [2.45, 2.75) is 6.42 Å². The molecule has 0 atom stereocenters. The fraction of sp³-hybridized carbons (Fsp3) is 0.375. The Morgan fingerprint density at radius 1 is 1.75 bits per heavy atom. The second-order valence-corrected chi connectivity index (χ2v) is 2.59. The predicted molar refractivity (Wildman–Crippen MR) is 45.5 cm³/mol. The van der Waals surface area contributed by atoms with Crippen LogP contribution in [0.5, 0.6) is 0 Å². The Balaban J connectivity index is 2.50. The lowest BCUT2D eigenvalue weighted by molar-refractivity contribution is -0.128. The maximum absolute atomic E-state index is 9.83. The van der Waals surface area contributed by atoms with Crippen LogP contribution in [0, 0.1) is 0 Å². The van der Waals surface area contributed by atoms with Gasteiger partial charge in [0.15, 0.2) is 0 Å². The van der Waals surface area contributed by atoms with E-state index in [4.69, 9.17) is 5.73 Å². The van der Waals surface area contributed by atoms with E-state index in [1.165, 1.54) is 0 Å². The first kappa shape index (κ1) is 8.64. The Labute approximate surface area is 70.9 Å². The Hall–Kier alpha value is -1.45. The minimum atomic E-state index is 0.404. The van der Waals surface area contributed by atoms with Crippen molar-refractivity contribution in [1.29, 1.82) is 0 Å². The highest BCUT2D eigenvalue weighted by Gasteiger charge is 1.99. The summed E-state index contributed by atoms with van der Waals surface area (Å²) in [4.78, 5) is 9.83. The van der Waals surface area contributed by atoms with Gasteiger partial charge in [0.25, 0.3) is 6.47 Å². The van der Waals surface area contributed by atoms with E-state index in [1.807, 2.05) is 23.9 Å². The Kier molecular flexibility index (Phi) is 2.74. The molecule has 0 aromatic carbocycles. The van der Waals surface area contributed by atoms with Gasteiger partial charge in [0.2, 0.25) is 0 Å². The van der Waals surface area contributed by atoms with Crippen LogP contribution in [0.2, 0.25) is 0 Å². The second kappa shape index (κ2) is 3.80. The molecule has 1 aromatic rings. The van der Waals surface area contributed by atoms with Gasteiger partial charge in [0.1, 0.15) is 0 Å². The number of nitrogens with two attached hydrogens (primary N) is 1. The normalized spacial score (nSPS) is 9.75. The van der Waals surface area contributed by atoms with E-state index < -0.39 is 0 Å². The molecule has 0 fully saturated rings. The predicted octanol–water partition coefficient (Wildman–Crippen LogP) is 0.323. The fourth-order valence-electron chi connectivity index (χ4n) is 1.10. The number of aromatic nitrogens is 1. The van der Waals surface area contributed by atoms with Crippen LogP contribution < -0.4 is 5.73 Å². The quantitative estimate of drug-likeness (QED) is 0.520. The van der Waals surface area contributed by atoms with Gasteiger partial charge in [-0.15, -0.1) is 0 Å². The summed E-state index contributed by atoms with van der Waals surface area (Å²) in [5.41, 5.74) is 7.35. The van der Waals surface area contributed by atoms with Crippen molar-refractivity contribution in [2.24, 2.45) is 7.05 Å². The third kappa shape index (κ3) is 2.02. The molecule has 4 heteroatoms. The monoisotopic (exact) mass is 168 g/mol. The van der Waals surface area contributed by atoms with Crippen LogP contribution in [-0.4, -0.2) is 17.6 Å². The molecular weight excluding hydrogens is 156 g/mol. The number of carbonyl (C=O) groups excluding carboxylic acids is 1. The summed E-state index contributed by atoms with van der Waals surface area (Å²) in [7, 11) is 1.91. The zero-order valence-corrected chi connectivity index (χ0v) is 6.99. The van der Waals surface area contributed by atoms with Gasteiger partial charge in [-0.3, -0.25) is 4.79 Å². The van der Waals surface area contributed by atoms with Crippen molar-refractivity contribution < 1.29 is 9.53 Å². The number of aryl methyl sites for hydroxylation is 1. The van der Waals surface area contributed by atoms with E-state index in [2.05, 4.69) is 4.74 Å². The zero-order valence-electron chi connectivity index (χ0n) is 6.99. The average molecular weight is 168 g/mol. The fourth-order valence-corrected chi connectivity index (χ4v) is 1.10. The van der Waals surface area contributed by atoms with Gasteiger partial charge < -0.3 is 15.0 Å². The third-order valence-electron chi connectivity index (χ3n) is 1.67. The highest BCUT2D eigenvalue weighted by atomic mass is 16.5. The number of ether oxygens (including phenoxy) is 1. The van der Waals surface area contributed by atoms with Crippen LogP contribution in [-0.2, 0) is 23.0 Å². The highest BCUT2D eigenvalue weighted by Crippen LogP contribution is 2.08. The minimum Gasteiger partial charge on any atom is -0.467 e. The molecule has 0 amide bonds. The van der Waals surface area contributed by atoms with Gasteiger partial charge >= 0.3 is 0 Å². The number of nitrogens with zero attached hydrogens (tertiary/aromatic N) is 1. The summed E-state index contributed by atoms with van der Waals surface area (Å²) in [5, 5.41) is 0. The summed E-state index contributed by atoms with van der Waals surface area (Å²) < 4.78 is 6.49. The van der Waals surface area contributed by atoms with Crippen molar-refractivity contribution in [3.63, 3.8) is 0 Å². The minimum absolute atomic E-state index is 0.404. The van der Waals surface area contributed by atoms with Crippen molar-refractivity contribution in [1.82, 2.24) is 4.57 Å². The van der Waals surface area contributed by atoms with E-state index in [9.17, 15) is 4.79 Å². The molecule has 0 bridgehead atoms. The van der Waals surface area contributed by atoms with Gasteiger partial charge in [0.05, 0.1) is 6.61 Å². The molecule has 0 aliphatic heterocycles. The first-order chi connectivity index (χ1) is 5.74. The standard InChI is InChI=1S/C8H12N2O2/c1-10-5-7(9)4-8(10)2-3-12-6-11/h4-6H,2-3,9H2,1H3. The molecular formula is C8H12N2O2. The maximum Gasteiger partial charge on any atom is 0.293 e. The summed E-state index contributed by atoms with van der Waals surface area (Å²) in [6.07, 6.45) is 2.53. The van der Waals surface area contributed by atoms with Gasteiger partial charge in [-0.1, -0.05) is 0 Å². The molecule has 12 heavy (non-hydrogen) atoms. The van der Waals surface area contributed by atoms with Crippen molar-refractivity contribution in [3.05, 3.63) is 18.0 Å². The van der Waals surface area contributed by atoms with Gasteiger partial charge in [-0.05, 0) is 6.07 Å². The average Bonchev–Trinajstić information content (AvgIpc) is 2.31. The van der Waals surface area contributed by atoms with Crippen LogP contribution in [0.4, 0.5) is 5.69 Å². The summed E-state index contributed by atoms with van der Waals surface area (Å²) >= 11 is 0. The lowest BCUT2D eigenvalue weighted by atomic mass is 10.3. The number of anilines is 1.